The molecule has 7 heteroatoms. The summed E-state index contributed by atoms with van der Waals surface area (Å²) in [4.78, 5) is 12.2. The highest BCUT2D eigenvalue weighted by Gasteiger charge is 2.14. The van der Waals surface area contributed by atoms with Crippen molar-refractivity contribution in [1.29, 1.82) is 0 Å². The number of carbonyl (C=O) groups is 1. The number of aliphatic hydroxyl groups is 1. The van der Waals surface area contributed by atoms with Crippen molar-refractivity contribution in [1.82, 2.24) is 15.5 Å². The zero-order valence-corrected chi connectivity index (χ0v) is 12.8. The van der Waals surface area contributed by atoms with Crippen molar-refractivity contribution in [2.45, 2.75) is 6.42 Å². The summed E-state index contributed by atoms with van der Waals surface area (Å²) in [5.41, 5.74) is 1.72. The fourth-order valence-corrected chi connectivity index (χ4v) is 2.68. The third-order valence-corrected chi connectivity index (χ3v) is 4.07. The van der Waals surface area contributed by atoms with Crippen molar-refractivity contribution in [3.63, 3.8) is 0 Å². The molecule has 2 rings (SSSR count). The Bertz CT molecular complexity index is 601. The van der Waals surface area contributed by atoms with Crippen LogP contribution in [0.3, 0.4) is 0 Å². The van der Waals surface area contributed by atoms with E-state index < -0.39 is 0 Å². The number of aromatic amines is 1. The molecule has 1 amide bonds. The number of hydrogen-bond acceptors (Lipinski definition) is 4. The van der Waals surface area contributed by atoms with E-state index in [1.165, 1.54) is 18.3 Å². The van der Waals surface area contributed by atoms with Gasteiger partial charge >= 0.3 is 0 Å². The van der Waals surface area contributed by atoms with E-state index in [1.807, 2.05) is 0 Å². The number of aliphatic hydroxyl groups excluding tert-OH is 1. The third kappa shape index (κ3) is 4.57. The number of H-pyrrole nitrogens is 1. The Kier molecular flexibility index (Phi) is 6.42. The molecule has 0 fully saturated rings. The van der Waals surface area contributed by atoms with Gasteiger partial charge in [-0.1, -0.05) is 0 Å². The minimum absolute atomic E-state index is 0.190. The van der Waals surface area contributed by atoms with Crippen LogP contribution in [0.1, 0.15) is 16.8 Å². The molecule has 3 N–H and O–H groups in total. The molecular weight excluding hydrogens is 305 g/mol. The molecular formula is C15H18FN3O2S. The van der Waals surface area contributed by atoms with Crippen molar-refractivity contribution < 1.29 is 14.3 Å². The average molecular weight is 323 g/mol. The highest BCUT2D eigenvalue weighted by atomic mass is 32.2. The lowest BCUT2D eigenvalue weighted by Crippen LogP contribution is -2.26. The zero-order valence-electron chi connectivity index (χ0n) is 12.0. The number of carbonyl (C=O) groups excluding carboxylic acids is 1. The smallest absolute Gasteiger partial charge is 0.255 e. The van der Waals surface area contributed by atoms with E-state index in [0.29, 0.717) is 23.4 Å². The average Bonchev–Trinajstić information content (AvgIpc) is 3.01. The number of halogens is 1. The summed E-state index contributed by atoms with van der Waals surface area (Å²) in [6.45, 7) is 0.734. The Morgan fingerprint density at radius 1 is 1.32 bits per heavy atom. The first-order chi connectivity index (χ1) is 10.7. The molecule has 0 bridgehead atoms. The Morgan fingerprint density at radius 2 is 2.09 bits per heavy atom. The summed E-state index contributed by atoms with van der Waals surface area (Å²) in [6, 6.07) is 5.89. The Hall–Kier alpha value is -1.86. The Labute approximate surface area is 132 Å². The lowest BCUT2D eigenvalue weighted by Gasteiger charge is -2.06. The molecule has 0 saturated carbocycles. The van der Waals surface area contributed by atoms with Gasteiger partial charge in [-0.05, 0) is 36.4 Å². The van der Waals surface area contributed by atoms with Crippen molar-refractivity contribution in [3.8, 4) is 11.3 Å². The predicted molar refractivity (Wildman–Crippen MR) is 85.3 cm³/mol. The second-order valence-electron chi connectivity index (χ2n) is 4.61. The highest BCUT2D eigenvalue weighted by Crippen LogP contribution is 2.21. The number of hydrogen-bond donors (Lipinski definition) is 3. The van der Waals surface area contributed by atoms with E-state index in [4.69, 9.17) is 5.11 Å². The summed E-state index contributed by atoms with van der Waals surface area (Å²) in [6.07, 6.45) is 2.22. The minimum Gasteiger partial charge on any atom is -0.396 e. The maximum atomic E-state index is 13.0. The lowest BCUT2D eigenvalue weighted by atomic mass is 10.1. The molecule has 0 atom stereocenters. The van der Waals surface area contributed by atoms with Crippen LogP contribution >= 0.6 is 11.8 Å². The van der Waals surface area contributed by atoms with Gasteiger partial charge in [0, 0.05) is 24.5 Å². The van der Waals surface area contributed by atoms with Gasteiger partial charge in [0.05, 0.1) is 17.5 Å². The minimum atomic E-state index is -0.325. The van der Waals surface area contributed by atoms with E-state index >= 15 is 0 Å². The number of nitrogens with one attached hydrogen (secondary N) is 2. The van der Waals surface area contributed by atoms with E-state index in [9.17, 15) is 9.18 Å². The lowest BCUT2D eigenvalue weighted by molar-refractivity contribution is 0.0957. The topological polar surface area (TPSA) is 78.0 Å². The van der Waals surface area contributed by atoms with Gasteiger partial charge in [0.15, 0.2) is 0 Å². The Morgan fingerprint density at radius 3 is 2.82 bits per heavy atom. The van der Waals surface area contributed by atoms with Crippen LogP contribution in [0.25, 0.3) is 11.3 Å². The van der Waals surface area contributed by atoms with Gasteiger partial charge in [-0.15, -0.1) is 0 Å². The molecule has 5 nitrogen and oxygen atoms in total. The van der Waals surface area contributed by atoms with Crippen LogP contribution in [0.2, 0.25) is 0 Å². The zero-order chi connectivity index (χ0) is 15.8. The van der Waals surface area contributed by atoms with E-state index in [2.05, 4.69) is 15.5 Å². The quantitative estimate of drug-likeness (QED) is 0.650. The molecule has 0 unspecified atom stereocenters. The molecule has 1 aromatic heterocycles. The standard InChI is InChI=1S/C15H18FN3O2S/c16-12-4-2-11(3-5-12)14-13(10-18-19-14)15(21)17-6-9-22-8-1-7-20/h2-5,10,20H,1,6-9H2,(H,17,21)(H,18,19). The number of amides is 1. The number of aromatic nitrogens is 2. The van der Waals surface area contributed by atoms with E-state index in [0.717, 1.165) is 17.9 Å². The monoisotopic (exact) mass is 323 g/mol. The van der Waals surface area contributed by atoms with Crippen LogP contribution in [0.15, 0.2) is 30.5 Å². The summed E-state index contributed by atoms with van der Waals surface area (Å²) in [5.74, 6) is 1.12. The van der Waals surface area contributed by atoms with Gasteiger partial charge < -0.3 is 10.4 Å². The molecule has 0 aliphatic heterocycles. The van der Waals surface area contributed by atoms with Crippen LogP contribution < -0.4 is 5.32 Å². The van der Waals surface area contributed by atoms with Crippen molar-refractivity contribution >= 4 is 17.7 Å². The van der Waals surface area contributed by atoms with Gasteiger partial charge in [0.1, 0.15) is 5.82 Å². The van der Waals surface area contributed by atoms with Gasteiger partial charge in [-0.25, -0.2) is 4.39 Å². The predicted octanol–water partition coefficient (Wildman–Crippen LogP) is 2.06. The Balaban J connectivity index is 1.91. The maximum absolute atomic E-state index is 13.0. The molecule has 0 saturated heterocycles. The van der Waals surface area contributed by atoms with Crippen LogP contribution in [0.5, 0.6) is 0 Å². The molecule has 0 radical (unpaired) electrons. The van der Waals surface area contributed by atoms with Gasteiger partial charge in [0.2, 0.25) is 0 Å². The number of nitrogens with zero attached hydrogens (tertiary/aromatic N) is 1. The van der Waals surface area contributed by atoms with Crippen LogP contribution in [-0.4, -0.2) is 45.9 Å². The first kappa shape index (κ1) is 16.5. The normalized spacial score (nSPS) is 10.6. The second-order valence-corrected chi connectivity index (χ2v) is 5.84. The van der Waals surface area contributed by atoms with Crippen molar-refractivity contribution in [2.24, 2.45) is 0 Å². The van der Waals surface area contributed by atoms with Crippen LogP contribution in [-0.2, 0) is 0 Å². The second kappa shape index (κ2) is 8.55. The van der Waals surface area contributed by atoms with Gasteiger partial charge in [-0.3, -0.25) is 9.89 Å². The molecule has 2 aromatic rings. The summed E-state index contributed by atoms with van der Waals surface area (Å²) in [5, 5.41) is 18.2. The molecule has 0 spiro atoms. The summed E-state index contributed by atoms with van der Waals surface area (Å²) in [7, 11) is 0. The molecule has 1 heterocycles. The molecule has 22 heavy (non-hydrogen) atoms. The van der Waals surface area contributed by atoms with Crippen LogP contribution in [0.4, 0.5) is 4.39 Å². The van der Waals surface area contributed by atoms with Crippen molar-refractivity contribution in [3.05, 3.63) is 41.8 Å². The maximum Gasteiger partial charge on any atom is 0.255 e. The van der Waals surface area contributed by atoms with E-state index in [-0.39, 0.29) is 18.3 Å². The number of thioether (sulfide) groups is 1. The summed E-state index contributed by atoms with van der Waals surface area (Å²) >= 11 is 1.68. The van der Waals surface area contributed by atoms with Crippen LogP contribution in [0, 0.1) is 5.82 Å². The van der Waals surface area contributed by atoms with Gasteiger partial charge in [0.25, 0.3) is 5.91 Å². The fraction of sp³-hybridized carbons (Fsp3) is 0.333. The first-order valence-corrected chi connectivity index (χ1v) is 8.14. The third-order valence-electron chi connectivity index (χ3n) is 3.00. The largest absolute Gasteiger partial charge is 0.396 e. The molecule has 0 aliphatic rings. The van der Waals surface area contributed by atoms with E-state index in [1.54, 1.807) is 23.9 Å². The molecule has 0 aliphatic carbocycles. The molecule has 118 valence electrons. The first-order valence-electron chi connectivity index (χ1n) is 6.98. The molecule has 1 aromatic carbocycles. The SMILES string of the molecule is O=C(NCCSCCCO)c1cn[nH]c1-c1ccc(F)cc1. The van der Waals surface area contributed by atoms with Crippen molar-refractivity contribution in [2.75, 3.05) is 24.7 Å². The number of rotatable bonds is 8. The highest BCUT2D eigenvalue weighted by molar-refractivity contribution is 7.99. The number of benzene rings is 1. The van der Waals surface area contributed by atoms with Gasteiger partial charge in [-0.2, -0.15) is 16.9 Å². The fourth-order valence-electron chi connectivity index (χ4n) is 1.90. The summed E-state index contributed by atoms with van der Waals surface area (Å²) < 4.78 is 13.0.